The second kappa shape index (κ2) is 8.93. The van der Waals surface area contributed by atoms with Crippen molar-refractivity contribution >= 4 is 29.1 Å². The molecule has 27 heavy (non-hydrogen) atoms. The molecule has 1 aliphatic rings. The molecule has 4 rings (SSSR count). The molecule has 2 heterocycles. The summed E-state index contributed by atoms with van der Waals surface area (Å²) < 4.78 is 11.4. The van der Waals surface area contributed by atoms with E-state index in [9.17, 15) is 4.79 Å². The fourth-order valence-electron chi connectivity index (χ4n) is 3.22. The second-order valence-corrected chi connectivity index (χ2v) is 6.57. The van der Waals surface area contributed by atoms with Gasteiger partial charge in [0.05, 0.1) is 0 Å². The third-order valence-corrected chi connectivity index (χ3v) is 4.66. The summed E-state index contributed by atoms with van der Waals surface area (Å²) >= 11 is 0. The van der Waals surface area contributed by atoms with E-state index in [0.717, 1.165) is 30.5 Å². The first kappa shape index (κ1) is 19.3. The number of furan rings is 1. The predicted octanol–water partition coefficient (Wildman–Crippen LogP) is 3.92. The largest absolute Gasteiger partial charge is 0.486 e. The molecule has 1 aliphatic heterocycles. The molecule has 5 nitrogen and oxygen atoms in total. The molecule has 2 N–H and O–H groups in total. The van der Waals surface area contributed by atoms with Gasteiger partial charge in [0.15, 0.2) is 5.76 Å². The van der Waals surface area contributed by atoms with Gasteiger partial charge in [0, 0.05) is 12.6 Å². The highest BCUT2D eigenvalue weighted by molar-refractivity contribution is 5.91. The molecule has 6 heteroatoms. The number of fused-ring (bicyclic) bond motifs is 1. The molecule has 0 spiro atoms. The molecule has 1 unspecified atom stereocenters. The fourth-order valence-corrected chi connectivity index (χ4v) is 3.22. The standard InChI is InChI=1S/C21H22N2O3.ClH/c24-21(23-13-17-6-3-11-22-17)20-10-9-19(26-20)14-25-18-8-7-15-4-1-2-5-16(15)12-18;/h1-2,4-5,7-10,12,17,22H,3,6,11,13-14H2,(H,23,24);1H. The van der Waals surface area contributed by atoms with Gasteiger partial charge in [-0.25, -0.2) is 0 Å². The molecule has 1 amide bonds. The molecule has 0 radical (unpaired) electrons. The van der Waals surface area contributed by atoms with Crippen molar-refractivity contribution in [2.75, 3.05) is 13.1 Å². The second-order valence-electron chi connectivity index (χ2n) is 6.57. The summed E-state index contributed by atoms with van der Waals surface area (Å²) in [5.74, 6) is 1.54. The zero-order valence-corrected chi connectivity index (χ0v) is 15.8. The van der Waals surface area contributed by atoms with Crippen LogP contribution in [0.4, 0.5) is 0 Å². The first-order valence-electron chi connectivity index (χ1n) is 9.00. The molecule has 0 saturated carbocycles. The monoisotopic (exact) mass is 386 g/mol. The summed E-state index contributed by atoms with van der Waals surface area (Å²) in [5, 5.41) is 8.57. The number of ether oxygens (including phenoxy) is 1. The Hall–Kier alpha value is -2.50. The van der Waals surface area contributed by atoms with E-state index in [2.05, 4.69) is 22.8 Å². The van der Waals surface area contributed by atoms with E-state index in [0.29, 0.717) is 24.1 Å². The fraction of sp³-hybridized carbons (Fsp3) is 0.286. The molecule has 1 saturated heterocycles. The van der Waals surface area contributed by atoms with Crippen molar-refractivity contribution in [2.45, 2.75) is 25.5 Å². The van der Waals surface area contributed by atoms with Gasteiger partial charge in [-0.3, -0.25) is 4.79 Å². The van der Waals surface area contributed by atoms with Crippen LogP contribution in [0.3, 0.4) is 0 Å². The summed E-state index contributed by atoms with van der Waals surface area (Å²) in [7, 11) is 0. The summed E-state index contributed by atoms with van der Waals surface area (Å²) in [6.07, 6.45) is 2.26. The average Bonchev–Trinajstić information content (AvgIpc) is 3.36. The Morgan fingerprint density at radius 3 is 2.81 bits per heavy atom. The molecule has 0 bridgehead atoms. The lowest BCUT2D eigenvalue weighted by Crippen LogP contribution is -2.37. The Morgan fingerprint density at radius 1 is 1.15 bits per heavy atom. The van der Waals surface area contributed by atoms with Crippen LogP contribution in [0.2, 0.25) is 0 Å². The van der Waals surface area contributed by atoms with Gasteiger partial charge < -0.3 is 19.8 Å². The number of carbonyl (C=O) groups excluding carboxylic acids is 1. The predicted molar refractivity (Wildman–Crippen MR) is 108 cm³/mol. The Balaban J connectivity index is 0.00000210. The summed E-state index contributed by atoms with van der Waals surface area (Å²) in [5.41, 5.74) is 0. The van der Waals surface area contributed by atoms with Crippen LogP contribution < -0.4 is 15.4 Å². The highest BCUT2D eigenvalue weighted by atomic mass is 35.5. The minimum absolute atomic E-state index is 0. The van der Waals surface area contributed by atoms with Crippen LogP contribution in [-0.2, 0) is 6.61 Å². The van der Waals surface area contributed by atoms with Crippen LogP contribution in [0.1, 0.15) is 29.2 Å². The lowest BCUT2D eigenvalue weighted by Gasteiger charge is -2.10. The smallest absolute Gasteiger partial charge is 0.287 e. The lowest BCUT2D eigenvalue weighted by atomic mass is 10.1. The molecule has 0 aliphatic carbocycles. The molecular weight excluding hydrogens is 364 g/mol. The lowest BCUT2D eigenvalue weighted by molar-refractivity contribution is 0.0918. The highest BCUT2D eigenvalue weighted by Gasteiger charge is 2.17. The third-order valence-electron chi connectivity index (χ3n) is 4.66. The van der Waals surface area contributed by atoms with E-state index < -0.39 is 0 Å². The van der Waals surface area contributed by atoms with Gasteiger partial charge in [-0.05, 0) is 54.4 Å². The number of hydrogen-bond donors (Lipinski definition) is 2. The van der Waals surface area contributed by atoms with Crippen molar-refractivity contribution in [1.29, 1.82) is 0 Å². The average molecular weight is 387 g/mol. The Bertz CT molecular complexity index is 903. The number of amides is 1. The number of halogens is 1. The van der Waals surface area contributed by atoms with Crippen LogP contribution in [0.5, 0.6) is 5.75 Å². The van der Waals surface area contributed by atoms with Crippen LogP contribution in [0.15, 0.2) is 59.0 Å². The maximum absolute atomic E-state index is 12.2. The molecule has 1 fully saturated rings. The van der Waals surface area contributed by atoms with E-state index in [1.807, 2.05) is 30.3 Å². The van der Waals surface area contributed by atoms with Gasteiger partial charge in [0.25, 0.3) is 5.91 Å². The summed E-state index contributed by atoms with van der Waals surface area (Å²) in [6, 6.07) is 17.9. The highest BCUT2D eigenvalue weighted by Crippen LogP contribution is 2.21. The van der Waals surface area contributed by atoms with E-state index in [1.54, 1.807) is 12.1 Å². The number of carbonyl (C=O) groups is 1. The first-order valence-corrected chi connectivity index (χ1v) is 9.00. The van der Waals surface area contributed by atoms with Crippen LogP contribution in [0.25, 0.3) is 10.8 Å². The normalized spacial score (nSPS) is 16.1. The van der Waals surface area contributed by atoms with Crippen molar-refractivity contribution < 1.29 is 13.9 Å². The third kappa shape index (κ3) is 4.81. The maximum atomic E-state index is 12.2. The van der Waals surface area contributed by atoms with Gasteiger partial charge >= 0.3 is 0 Å². The van der Waals surface area contributed by atoms with Crippen LogP contribution in [0, 0.1) is 0 Å². The number of rotatable bonds is 6. The summed E-state index contributed by atoms with van der Waals surface area (Å²) in [6.45, 7) is 1.94. The maximum Gasteiger partial charge on any atom is 0.287 e. The van der Waals surface area contributed by atoms with E-state index in [-0.39, 0.29) is 24.9 Å². The van der Waals surface area contributed by atoms with Crippen molar-refractivity contribution in [2.24, 2.45) is 0 Å². The van der Waals surface area contributed by atoms with Crippen molar-refractivity contribution in [3.8, 4) is 5.75 Å². The molecule has 1 atom stereocenters. The quantitative estimate of drug-likeness (QED) is 0.674. The van der Waals surface area contributed by atoms with Gasteiger partial charge in [-0.2, -0.15) is 0 Å². The van der Waals surface area contributed by atoms with Gasteiger partial charge in [0.2, 0.25) is 0 Å². The number of nitrogens with one attached hydrogen (secondary N) is 2. The zero-order valence-electron chi connectivity index (χ0n) is 14.9. The number of hydrogen-bond acceptors (Lipinski definition) is 4. The topological polar surface area (TPSA) is 63.5 Å². The number of benzene rings is 2. The van der Waals surface area contributed by atoms with E-state index >= 15 is 0 Å². The van der Waals surface area contributed by atoms with Crippen LogP contribution >= 0.6 is 12.4 Å². The molecule has 142 valence electrons. The van der Waals surface area contributed by atoms with E-state index in [1.165, 1.54) is 5.39 Å². The van der Waals surface area contributed by atoms with Crippen molar-refractivity contribution in [1.82, 2.24) is 10.6 Å². The van der Waals surface area contributed by atoms with Crippen molar-refractivity contribution in [3.05, 3.63) is 66.1 Å². The molecule has 1 aromatic heterocycles. The first-order chi connectivity index (χ1) is 12.8. The van der Waals surface area contributed by atoms with Gasteiger partial charge in [-0.1, -0.05) is 30.3 Å². The van der Waals surface area contributed by atoms with Gasteiger partial charge in [0.1, 0.15) is 18.1 Å². The van der Waals surface area contributed by atoms with E-state index in [4.69, 9.17) is 9.15 Å². The molecular formula is C21H23ClN2O3. The van der Waals surface area contributed by atoms with Crippen molar-refractivity contribution in [3.63, 3.8) is 0 Å². The van der Waals surface area contributed by atoms with Gasteiger partial charge in [-0.15, -0.1) is 12.4 Å². The Labute approximate surface area is 164 Å². The minimum atomic E-state index is -0.185. The Morgan fingerprint density at radius 2 is 2.00 bits per heavy atom. The Kier molecular flexibility index (Phi) is 6.37. The molecule has 3 aromatic rings. The SMILES string of the molecule is Cl.O=C(NCC1CCCN1)c1ccc(COc2ccc3ccccc3c2)o1. The zero-order chi connectivity index (χ0) is 17.8. The molecule has 2 aromatic carbocycles. The minimum Gasteiger partial charge on any atom is -0.486 e. The summed E-state index contributed by atoms with van der Waals surface area (Å²) in [4.78, 5) is 12.2. The van der Waals surface area contributed by atoms with Crippen LogP contribution in [-0.4, -0.2) is 25.0 Å².